The number of thiazole rings is 1. The molecule has 0 spiro atoms. The number of aromatic nitrogens is 1. The quantitative estimate of drug-likeness (QED) is 0.595. The van der Waals surface area contributed by atoms with E-state index in [1.54, 1.807) is 6.07 Å². The zero-order chi connectivity index (χ0) is 13.4. The molecule has 0 saturated heterocycles. The van der Waals surface area contributed by atoms with Gasteiger partial charge in [-0.25, -0.2) is 9.37 Å². The molecular formula is C13H7Br2FN2S. The van der Waals surface area contributed by atoms with Crippen LogP contribution in [0.3, 0.4) is 0 Å². The summed E-state index contributed by atoms with van der Waals surface area (Å²) < 4.78 is 16.0. The lowest BCUT2D eigenvalue weighted by atomic mass is 10.3. The molecule has 0 unspecified atom stereocenters. The smallest absolute Gasteiger partial charge is 0.188 e. The van der Waals surface area contributed by atoms with Gasteiger partial charge in [0.15, 0.2) is 5.13 Å². The molecule has 0 aliphatic carbocycles. The van der Waals surface area contributed by atoms with Gasteiger partial charge in [-0.1, -0.05) is 27.3 Å². The van der Waals surface area contributed by atoms with E-state index in [-0.39, 0.29) is 5.82 Å². The van der Waals surface area contributed by atoms with Crippen molar-refractivity contribution in [3.63, 3.8) is 0 Å². The molecule has 0 fully saturated rings. The number of hydrogen-bond donors (Lipinski definition) is 1. The monoisotopic (exact) mass is 400 g/mol. The molecule has 0 bridgehead atoms. The largest absolute Gasteiger partial charge is 0.331 e. The molecule has 0 amide bonds. The molecule has 0 aliphatic heterocycles. The molecule has 1 N–H and O–H groups in total. The van der Waals surface area contributed by atoms with Crippen molar-refractivity contribution in [2.45, 2.75) is 0 Å². The van der Waals surface area contributed by atoms with Gasteiger partial charge in [0.25, 0.3) is 0 Å². The number of halogens is 3. The van der Waals surface area contributed by atoms with Gasteiger partial charge in [0.2, 0.25) is 0 Å². The molecule has 2 nitrogen and oxygen atoms in total. The molecule has 1 aromatic heterocycles. The van der Waals surface area contributed by atoms with E-state index < -0.39 is 0 Å². The van der Waals surface area contributed by atoms with Gasteiger partial charge in [0, 0.05) is 15.0 Å². The van der Waals surface area contributed by atoms with E-state index in [1.807, 2.05) is 18.2 Å². The number of nitrogens with zero attached hydrogens (tertiary/aromatic N) is 1. The number of fused-ring (bicyclic) bond motifs is 1. The van der Waals surface area contributed by atoms with E-state index in [1.165, 1.54) is 23.5 Å². The first-order chi connectivity index (χ1) is 9.11. The van der Waals surface area contributed by atoms with Crippen LogP contribution in [0.15, 0.2) is 45.3 Å². The summed E-state index contributed by atoms with van der Waals surface area (Å²) in [5, 5.41) is 3.97. The van der Waals surface area contributed by atoms with E-state index in [0.29, 0.717) is 5.52 Å². The first-order valence-electron chi connectivity index (χ1n) is 5.40. The van der Waals surface area contributed by atoms with Gasteiger partial charge < -0.3 is 5.32 Å². The zero-order valence-corrected chi connectivity index (χ0v) is 13.4. The van der Waals surface area contributed by atoms with Crippen LogP contribution in [0.1, 0.15) is 0 Å². The van der Waals surface area contributed by atoms with E-state index >= 15 is 0 Å². The molecule has 0 aliphatic rings. The van der Waals surface area contributed by atoms with Crippen molar-refractivity contribution >= 4 is 64.2 Å². The number of rotatable bonds is 2. The van der Waals surface area contributed by atoms with Gasteiger partial charge in [0.1, 0.15) is 5.82 Å². The summed E-state index contributed by atoms with van der Waals surface area (Å²) in [6.07, 6.45) is 0. The van der Waals surface area contributed by atoms with Crippen molar-refractivity contribution < 1.29 is 4.39 Å². The van der Waals surface area contributed by atoms with E-state index in [4.69, 9.17) is 0 Å². The second-order valence-corrected chi connectivity index (χ2v) is 6.68. The molecule has 96 valence electrons. The molecule has 0 saturated carbocycles. The molecule has 3 rings (SSSR count). The predicted octanol–water partition coefficient (Wildman–Crippen LogP) is 5.70. The second-order valence-electron chi connectivity index (χ2n) is 3.88. The third-order valence-corrected chi connectivity index (χ3v) is 4.66. The first kappa shape index (κ1) is 13.0. The maximum atomic E-state index is 13.1. The van der Waals surface area contributed by atoms with Crippen LogP contribution in [-0.2, 0) is 0 Å². The van der Waals surface area contributed by atoms with Gasteiger partial charge in [-0.3, -0.25) is 0 Å². The minimum absolute atomic E-state index is 0.270. The van der Waals surface area contributed by atoms with Crippen molar-refractivity contribution in [3.05, 3.63) is 51.2 Å². The highest BCUT2D eigenvalue weighted by Crippen LogP contribution is 2.33. The van der Waals surface area contributed by atoms with Crippen molar-refractivity contribution in [1.82, 2.24) is 4.98 Å². The van der Waals surface area contributed by atoms with Crippen LogP contribution in [0.4, 0.5) is 15.2 Å². The fourth-order valence-corrected chi connectivity index (χ4v) is 3.23. The molecule has 0 radical (unpaired) electrons. The highest BCUT2D eigenvalue weighted by atomic mass is 79.9. The summed E-state index contributed by atoms with van der Waals surface area (Å²) in [6.45, 7) is 0. The third kappa shape index (κ3) is 2.80. The standard InChI is InChI=1S/C13H7Br2FN2S/c14-7-1-3-9(15)10(5-7)17-13-18-11-6-8(16)2-4-12(11)19-13/h1-6H,(H,17,18). The normalized spacial score (nSPS) is 10.9. The van der Waals surface area contributed by atoms with Crippen LogP contribution in [-0.4, -0.2) is 4.98 Å². The first-order valence-corrected chi connectivity index (χ1v) is 7.80. The Morgan fingerprint density at radius 3 is 2.79 bits per heavy atom. The fraction of sp³-hybridized carbons (Fsp3) is 0. The highest BCUT2D eigenvalue weighted by molar-refractivity contribution is 9.11. The Bertz CT molecular complexity index is 757. The zero-order valence-electron chi connectivity index (χ0n) is 9.45. The van der Waals surface area contributed by atoms with Crippen molar-refractivity contribution in [2.24, 2.45) is 0 Å². The average molecular weight is 402 g/mol. The lowest BCUT2D eigenvalue weighted by Gasteiger charge is -2.05. The summed E-state index contributed by atoms with van der Waals surface area (Å²) in [5.74, 6) is -0.270. The minimum Gasteiger partial charge on any atom is -0.331 e. The molecule has 19 heavy (non-hydrogen) atoms. The van der Waals surface area contributed by atoms with Gasteiger partial charge >= 0.3 is 0 Å². The minimum atomic E-state index is -0.270. The Hall–Kier alpha value is -0.980. The number of benzene rings is 2. The number of hydrogen-bond acceptors (Lipinski definition) is 3. The van der Waals surface area contributed by atoms with Crippen molar-refractivity contribution in [3.8, 4) is 0 Å². The maximum Gasteiger partial charge on any atom is 0.188 e. The molecule has 2 aromatic carbocycles. The van der Waals surface area contributed by atoms with Crippen LogP contribution in [0.25, 0.3) is 10.2 Å². The lowest BCUT2D eigenvalue weighted by molar-refractivity contribution is 0.629. The Kier molecular flexibility index (Phi) is 3.56. The van der Waals surface area contributed by atoms with E-state index in [2.05, 4.69) is 42.2 Å². The second kappa shape index (κ2) is 5.19. The average Bonchev–Trinajstić information content (AvgIpc) is 2.75. The third-order valence-electron chi connectivity index (χ3n) is 2.52. The van der Waals surface area contributed by atoms with Crippen LogP contribution < -0.4 is 5.32 Å². The summed E-state index contributed by atoms with van der Waals surface area (Å²) in [4.78, 5) is 4.37. The summed E-state index contributed by atoms with van der Waals surface area (Å²) in [6, 6.07) is 10.5. The summed E-state index contributed by atoms with van der Waals surface area (Å²) in [5.41, 5.74) is 1.58. The van der Waals surface area contributed by atoms with Crippen LogP contribution in [0, 0.1) is 5.82 Å². The Labute approximate surface area is 129 Å². The molecule has 6 heteroatoms. The van der Waals surface area contributed by atoms with Crippen LogP contribution in [0.5, 0.6) is 0 Å². The molecule has 3 aromatic rings. The van der Waals surface area contributed by atoms with Gasteiger partial charge in [-0.05, 0) is 46.3 Å². The number of nitrogens with one attached hydrogen (secondary N) is 1. The van der Waals surface area contributed by atoms with Crippen LogP contribution in [0.2, 0.25) is 0 Å². The van der Waals surface area contributed by atoms with Crippen molar-refractivity contribution in [1.29, 1.82) is 0 Å². The Balaban J connectivity index is 1.98. The lowest BCUT2D eigenvalue weighted by Crippen LogP contribution is -1.90. The molecular weight excluding hydrogens is 395 g/mol. The van der Waals surface area contributed by atoms with E-state index in [9.17, 15) is 4.39 Å². The molecule has 1 heterocycles. The predicted molar refractivity (Wildman–Crippen MR) is 84.7 cm³/mol. The Morgan fingerprint density at radius 2 is 1.95 bits per heavy atom. The maximum absolute atomic E-state index is 13.1. The SMILES string of the molecule is Fc1ccc2sc(Nc3cc(Br)ccc3Br)nc2c1. The van der Waals surface area contributed by atoms with Crippen LogP contribution >= 0.6 is 43.2 Å². The Morgan fingerprint density at radius 1 is 1.11 bits per heavy atom. The highest BCUT2D eigenvalue weighted by Gasteiger charge is 2.07. The van der Waals surface area contributed by atoms with Crippen molar-refractivity contribution in [2.75, 3.05) is 5.32 Å². The topological polar surface area (TPSA) is 24.9 Å². The fourth-order valence-electron chi connectivity index (χ4n) is 1.66. The van der Waals surface area contributed by atoms with Gasteiger partial charge in [-0.2, -0.15) is 0 Å². The van der Waals surface area contributed by atoms with Gasteiger partial charge in [0.05, 0.1) is 15.9 Å². The van der Waals surface area contributed by atoms with Gasteiger partial charge in [-0.15, -0.1) is 0 Å². The number of anilines is 2. The molecule has 0 atom stereocenters. The summed E-state index contributed by atoms with van der Waals surface area (Å²) >= 11 is 8.39. The summed E-state index contributed by atoms with van der Waals surface area (Å²) in [7, 11) is 0. The van der Waals surface area contributed by atoms with E-state index in [0.717, 1.165) is 24.5 Å².